The van der Waals surface area contributed by atoms with Gasteiger partial charge in [-0.25, -0.2) is 0 Å². The number of benzene rings is 2. The van der Waals surface area contributed by atoms with Crippen LogP contribution in [0.25, 0.3) is 0 Å². The van der Waals surface area contributed by atoms with Crippen molar-refractivity contribution in [1.29, 1.82) is 0 Å². The van der Waals surface area contributed by atoms with Crippen LogP contribution in [0.4, 0.5) is 0 Å². The van der Waals surface area contributed by atoms with Crippen LogP contribution in [-0.2, 0) is 0 Å². The molecule has 0 spiro atoms. The fourth-order valence-electron chi connectivity index (χ4n) is 2.29. The molecular formula is C18H21NO4S. The topological polar surface area (TPSA) is 67.8 Å². The number of rotatable bonds is 7. The summed E-state index contributed by atoms with van der Waals surface area (Å²) in [5.74, 6) is 0.528. The monoisotopic (exact) mass is 347 g/mol. The largest absolute Gasteiger partial charge is 0.493 e. The second-order valence-corrected chi connectivity index (χ2v) is 5.92. The van der Waals surface area contributed by atoms with E-state index < -0.39 is 6.10 Å². The number of nitrogens with one attached hydrogen (secondary N) is 1. The van der Waals surface area contributed by atoms with Crippen LogP contribution in [0.3, 0.4) is 0 Å². The van der Waals surface area contributed by atoms with E-state index >= 15 is 0 Å². The van der Waals surface area contributed by atoms with Crippen molar-refractivity contribution in [3.8, 4) is 11.5 Å². The number of aliphatic hydroxyl groups excluding tert-OH is 1. The lowest BCUT2D eigenvalue weighted by atomic mass is 10.1. The van der Waals surface area contributed by atoms with Crippen LogP contribution in [0.15, 0.2) is 47.4 Å². The van der Waals surface area contributed by atoms with Crippen LogP contribution in [0.5, 0.6) is 11.5 Å². The van der Waals surface area contributed by atoms with Gasteiger partial charge < -0.3 is 19.9 Å². The Kier molecular flexibility index (Phi) is 6.52. The molecule has 0 saturated heterocycles. The van der Waals surface area contributed by atoms with Crippen molar-refractivity contribution in [3.63, 3.8) is 0 Å². The Hall–Kier alpha value is -2.18. The summed E-state index contributed by atoms with van der Waals surface area (Å²) in [6.45, 7) is 0.109. The average Bonchev–Trinajstić information content (AvgIpc) is 2.64. The number of amides is 1. The van der Waals surface area contributed by atoms with Gasteiger partial charge in [-0.15, -0.1) is 11.8 Å². The number of para-hydroxylation sites is 1. The molecule has 1 atom stereocenters. The molecule has 2 aromatic carbocycles. The molecule has 0 aliphatic carbocycles. The molecule has 128 valence electrons. The zero-order valence-corrected chi connectivity index (χ0v) is 14.7. The molecular weight excluding hydrogens is 326 g/mol. The Morgan fingerprint density at radius 2 is 1.88 bits per heavy atom. The molecule has 1 unspecified atom stereocenters. The van der Waals surface area contributed by atoms with Gasteiger partial charge >= 0.3 is 0 Å². The Balaban J connectivity index is 2.04. The summed E-state index contributed by atoms with van der Waals surface area (Å²) in [6, 6.07) is 12.7. The maximum Gasteiger partial charge on any atom is 0.255 e. The molecule has 0 fully saturated rings. The smallest absolute Gasteiger partial charge is 0.255 e. The van der Waals surface area contributed by atoms with Gasteiger partial charge in [-0.2, -0.15) is 0 Å². The van der Waals surface area contributed by atoms with Crippen LogP contribution in [0.2, 0.25) is 0 Å². The lowest BCUT2D eigenvalue weighted by Gasteiger charge is -2.15. The van der Waals surface area contributed by atoms with E-state index in [1.54, 1.807) is 30.0 Å². The first-order chi connectivity index (χ1) is 11.6. The van der Waals surface area contributed by atoms with E-state index in [9.17, 15) is 9.90 Å². The predicted molar refractivity (Wildman–Crippen MR) is 95.1 cm³/mol. The Labute approximate surface area is 146 Å². The Morgan fingerprint density at radius 3 is 2.46 bits per heavy atom. The molecule has 24 heavy (non-hydrogen) atoms. The van der Waals surface area contributed by atoms with Crippen molar-refractivity contribution in [1.82, 2.24) is 5.32 Å². The van der Waals surface area contributed by atoms with Gasteiger partial charge in [0, 0.05) is 11.4 Å². The van der Waals surface area contributed by atoms with E-state index in [1.165, 1.54) is 14.2 Å². The number of aliphatic hydroxyl groups is 1. The minimum Gasteiger partial charge on any atom is -0.493 e. The van der Waals surface area contributed by atoms with Crippen LogP contribution in [0, 0.1) is 0 Å². The van der Waals surface area contributed by atoms with Crippen LogP contribution in [-0.4, -0.2) is 38.0 Å². The van der Waals surface area contributed by atoms with Crippen molar-refractivity contribution in [2.24, 2.45) is 0 Å². The second-order valence-electron chi connectivity index (χ2n) is 5.04. The van der Waals surface area contributed by atoms with E-state index in [2.05, 4.69) is 5.32 Å². The van der Waals surface area contributed by atoms with Crippen LogP contribution < -0.4 is 14.8 Å². The lowest BCUT2D eigenvalue weighted by molar-refractivity contribution is 0.0912. The SMILES string of the molecule is COc1cccc(C(=O)NCC(O)c2ccc(SC)cc2)c1OC. The highest BCUT2D eigenvalue weighted by molar-refractivity contribution is 7.98. The molecule has 0 radical (unpaired) electrons. The van der Waals surface area contributed by atoms with Crippen LogP contribution in [0.1, 0.15) is 22.0 Å². The van der Waals surface area contributed by atoms with Gasteiger partial charge in [-0.05, 0) is 36.1 Å². The molecule has 5 nitrogen and oxygen atoms in total. The zero-order chi connectivity index (χ0) is 17.5. The molecule has 0 aromatic heterocycles. The lowest BCUT2D eigenvalue weighted by Crippen LogP contribution is -2.28. The van der Waals surface area contributed by atoms with E-state index in [4.69, 9.17) is 9.47 Å². The summed E-state index contributed by atoms with van der Waals surface area (Å²) in [5.41, 5.74) is 1.12. The van der Waals surface area contributed by atoms with Crippen molar-refractivity contribution in [2.75, 3.05) is 27.0 Å². The summed E-state index contributed by atoms with van der Waals surface area (Å²) in [4.78, 5) is 13.5. The molecule has 6 heteroatoms. The second kappa shape index (κ2) is 8.61. The van der Waals surface area contributed by atoms with Crippen LogP contribution >= 0.6 is 11.8 Å². The Morgan fingerprint density at radius 1 is 1.17 bits per heavy atom. The maximum absolute atomic E-state index is 12.4. The molecule has 2 N–H and O–H groups in total. The molecule has 2 rings (SSSR count). The van der Waals surface area contributed by atoms with Gasteiger partial charge in [-0.3, -0.25) is 4.79 Å². The fourth-order valence-corrected chi connectivity index (χ4v) is 2.70. The average molecular weight is 347 g/mol. The number of carbonyl (C=O) groups excluding carboxylic acids is 1. The summed E-state index contributed by atoms with van der Waals surface area (Å²) < 4.78 is 10.4. The highest BCUT2D eigenvalue weighted by Crippen LogP contribution is 2.30. The van der Waals surface area contributed by atoms with Gasteiger partial charge in [0.25, 0.3) is 5.91 Å². The Bertz CT molecular complexity index is 688. The number of carbonyl (C=O) groups is 1. The van der Waals surface area contributed by atoms with E-state index in [1.807, 2.05) is 30.5 Å². The molecule has 1 amide bonds. The minimum absolute atomic E-state index is 0.109. The van der Waals surface area contributed by atoms with Crippen molar-refractivity contribution in [2.45, 2.75) is 11.0 Å². The number of hydrogen-bond acceptors (Lipinski definition) is 5. The zero-order valence-electron chi connectivity index (χ0n) is 13.9. The summed E-state index contributed by atoms with van der Waals surface area (Å²) in [6.07, 6.45) is 1.22. The first-order valence-electron chi connectivity index (χ1n) is 7.42. The highest BCUT2D eigenvalue weighted by Gasteiger charge is 2.17. The summed E-state index contributed by atoms with van der Waals surface area (Å²) in [5, 5.41) is 13.0. The first-order valence-corrected chi connectivity index (χ1v) is 8.64. The summed E-state index contributed by atoms with van der Waals surface area (Å²) in [7, 11) is 3.00. The van der Waals surface area contributed by atoms with Gasteiger partial charge in [0.1, 0.15) is 0 Å². The third-order valence-corrected chi connectivity index (χ3v) is 4.35. The first kappa shape index (κ1) is 18.2. The third-order valence-electron chi connectivity index (χ3n) is 3.60. The maximum atomic E-state index is 12.4. The minimum atomic E-state index is -0.776. The van der Waals surface area contributed by atoms with Gasteiger partial charge in [0.2, 0.25) is 0 Å². The molecule has 0 aliphatic rings. The fraction of sp³-hybridized carbons (Fsp3) is 0.278. The van der Waals surface area contributed by atoms with Gasteiger partial charge in [0.05, 0.1) is 25.9 Å². The number of ether oxygens (including phenoxy) is 2. The molecule has 0 bridgehead atoms. The molecule has 0 aliphatic heterocycles. The number of hydrogen-bond donors (Lipinski definition) is 2. The van der Waals surface area contributed by atoms with Gasteiger partial charge in [-0.1, -0.05) is 18.2 Å². The van der Waals surface area contributed by atoms with Gasteiger partial charge in [0.15, 0.2) is 11.5 Å². The molecule has 0 saturated carbocycles. The quantitative estimate of drug-likeness (QED) is 0.754. The number of thioether (sulfide) groups is 1. The normalized spacial score (nSPS) is 11.7. The van der Waals surface area contributed by atoms with E-state index in [0.29, 0.717) is 17.1 Å². The molecule has 2 aromatic rings. The van der Waals surface area contributed by atoms with E-state index in [0.717, 1.165) is 10.5 Å². The number of methoxy groups -OCH3 is 2. The van der Waals surface area contributed by atoms with Crippen molar-refractivity contribution >= 4 is 17.7 Å². The standard InChI is InChI=1S/C18H21NO4S/c1-22-16-6-4-5-14(17(16)23-2)18(21)19-11-15(20)12-7-9-13(24-3)10-8-12/h4-10,15,20H,11H2,1-3H3,(H,19,21). The van der Waals surface area contributed by atoms with Crippen molar-refractivity contribution < 1.29 is 19.4 Å². The van der Waals surface area contributed by atoms with E-state index in [-0.39, 0.29) is 12.5 Å². The van der Waals surface area contributed by atoms with Crippen molar-refractivity contribution in [3.05, 3.63) is 53.6 Å². The predicted octanol–water partition coefficient (Wildman–Crippen LogP) is 2.89. The molecule has 0 heterocycles. The highest BCUT2D eigenvalue weighted by atomic mass is 32.2. The summed E-state index contributed by atoms with van der Waals surface area (Å²) >= 11 is 1.64. The third kappa shape index (κ3) is 4.21.